The van der Waals surface area contributed by atoms with Crippen LogP contribution in [0.5, 0.6) is 0 Å². The average molecular weight is 324 g/mol. The van der Waals surface area contributed by atoms with E-state index in [0.29, 0.717) is 6.04 Å². The smallest absolute Gasteiger partial charge is 0.0594 e. The largest absolute Gasteiger partial charge is 0.379 e. The van der Waals surface area contributed by atoms with Crippen molar-refractivity contribution in [1.29, 1.82) is 0 Å². The summed E-state index contributed by atoms with van der Waals surface area (Å²) in [6.45, 7) is 5.88. The molecule has 3 rings (SSSR count). The Kier molecular flexibility index (Phi) is 6.84. The first-order valence-electron chi connectivity index (χ1n) is 9.04. The summed E-state index contributed by atoms with van der Waals surface area (Å²) in [5, 5.41) is 3.77. The number of nitrogens with zero attached hydrogens (tertiary/aromatic N) is 1. The molecule has 1 N–H and O–H groups in total. The molecule has 0 saturated carbocycles. The number of aryl methyl sites for hydroxylation is 1. The number of rotatable bonds is 8. The Bertz CT molecular complexity index is 567. The number of morpholine rings is 1. The average Bonchev–Trinajstić information content (AvgIpc) is 2.66. The van der Waals surface area contributed by atoms with Crippen molar-refractivity contribution in [3.63, 3.8) is 0 Å². The Morgan fingerprint density at radius 1 is 0.917 bits per heavy atom. The molecule has 1 saturated heterocycles. The first kappa shape index (κ1) is 17.2. The third-order valence-corrected chi connectivity index (χ3v) is 4.62. The van der Waals surface area contributed by atoms with E-state index >= 15 is 0 Å². The quantitative estimate of drug-likeness (QED) is 0.754. The predicted octanol–water partition coefficient (Wildman–Crippen LogP) is 3.28. The minimum Gasteiger partial charge on any atom is -0.379 e. The first-order chi connectivity index (χ1) is 11.9. The van der Waals surface area contributed by atoms with Gasteiger partial charge in [-0.1, -0.05) is 60.7 Å². The van der Waals surface area contributed by atoms with Crippen LogP contribution < -0.4 is 5.32 Å². The molecule has 1 heterocycles. The fourth-order valence-electron chi connectivity index (χ4n) is 3.23. The van der Waals surface area contributed by atoms with Crippen LogP contribution in [0, 0.1) is 0 Å². The molecular formula is C21H28N2O. The zero-order valence-electron chi connectivity index (χ0n) is 14.4. The molecule has 1 unspecified atom stereocenters. The molecule has 0 bridgehead atoms. The summed E-state index contributed by atoms with van der Waals surface area (Å²) in [5.41, 5.74) is 2.80. The van der Waals surface area contributed by atoms with Gasteiger partial charge in [-0.05, 0) is 30.5 Å². The van der Waals surface area contributed by atoms with Gasteiger partial charge in [-0.3, -0.25) is 4.90 Å². The van der Waals surface area contributed by atoms with Crippen LogP contribution in [0.15, 0.2) is 60.7 Å². The molecule has 0 amide bonds. The SMILES string of the molecule is c1ccc(CCCNC(CN2CCOCC2)c2ccccc2)cc1. The topological polar surface area (TPSA) is 24.5 Å². The van der Waals surface area contributed by atoms with E-state index in [1.54, 1.807) is 0 Å². The molecule has 0 radical (unpaired) electrons. The van der Waals surface area contributed by atoms with E-state index in [-0.39, 0.29) is 0 Å². The summed E-state index contributed by atoms with van der Waals surface area (Å²) < 4.78 is 5.47. The molecule has 1 atom stereocenters. The Morgan fingerprint density at radius 3 is 2.29 bits per heavy atom. The van der Waals surface area contributed by atoms with E-state index in [1.165, 1.54) is 11.1 Å². The zero-order chi connectivity index (χ0) is 16.5. The van der Waals surface area contributed by atoms with Crippen LogP contribution >= 0.6 is 0 Å². The second-order valence-electron chi connectivity index (χ2n) is 6.42. The van der Waals surface area contributed by atoms with E-state index in [0.717, 1.165) is 52.2 Å². The Hall–Kier alpha value is -1.68. The number of hydrogen-bond acceptors (Lipinski definition) is 3. The van der Waals surface area contributed by atoms with Crippen LogP contribution in [-0.4, -0.2) is 44.3 Å². The van der Waals surface area contributed by atoms with Crippen LogP contribution in [0.2, 0.25) is 0 Å². The standard InChI is InChI=1S/C21H28N2O/c1-3-8-19(9-4-1)10-7-13-22-21(20-11-5-2-6-12-20)18-23-14-16-24-17-15-23/h1-6,8-9,11-12,21-22H,7,10,13-18H2. The van der Waals surface area contributed by atoms with Crippen LogP contribution in [0.25, 0.3) is 0 Å². The number of benzene rings is 2. The lowest BCUT2D eigenvalue weighted by Crippen LogP contribution is -2.42. The molecule has 3 heteroatoms. The monoisotopic (exact) mass is 324 g/mol. The summed E-state index contributed by atoms with van der Waals surface area (Å²) >= 11 is 0. The summed E-state index contributed by atoms with van der Waals surface area (Å²) in [6.07, 6.45) is 2.30. The molecule has 1 fully saturated rings. The second kappa shape index (κ2) is 9.58. The van der Waals surface area contributed by atoms with Crippen molar-refractivity contribution in [2.45, 2.75) is 18.9 Å². The highest BCUT2D eigenvalue weighted by molar-refractivity contribution is 5.19. The third kappa shape index (κ3) is 5.45. The minimum absolute atomic E-state index is 0.389. The van der Waals surface area contributed by atoms with Crippen molar-refractivity contribution in [2.75, 3.05) is 39.4 Å². The van der Waals surface area contributed by atoms with Gasteiger partial charge in [0.15, 0.2) is 0 Å². The summed E-state index contributed by atoms with van der Waals surface area (Å²) in [6, 6.07) is 21.9. The summed E-state index contributed by atoms with van der Waals surface area (Å²) in [4.78, 5) is 2.51. The second-order valence-corrected chi connectivity index (χ2v) is 6.42. The molecule has 0 aliphatic carbocycles. The molecule has 3 nitrogen and oxygen atoms in total. The predicted molar refractivity (Wildman–Crippen MR) is 99.2 cm³/mol. The zero-order valence-corrected chi connectivity index (χ0v) is 14.4. The van der Waals surface area contributed by atoms with Crippen molar-refractivity contribution in [1.82, 2.24) is 10.2 Å². The molecule has 1 aliphatic rings. The first-order valence-corrected chi connectivity index (χ1v) is 9.04. The van der Waals surface area contributed by atoms with E-state index in [4.69, 9.17) is 4.74 Å². The van der Waals surface area contributed by atoms with Gasteiger partial charge >= 0.3 is 0 Å². The lowest BCUT2D eigenvalue weighted by molar-refractivity contribution is 0.0334. The van der Waals surface area contributed by atoms with Crippen molar-refractivity contribution in [2.24, 2.45) is 0 Å². The van der Waals surface area contributed by atoms with E-state index in [1.807, 2.05) is 0 Å². The normalized spacial score (nSPS) is 16.8. The fourth-order valence-corrected chi connectivity index (χ4v) is 3.23. The number of ether oxygens (including phenoxy) is 1. The van der Waals surface area contributed by atoms with E-state index in [2.05, 4.69) is 70.9 Å². The van der Waals surface area contributed by atoms with E-state index < -0.39 is 0 Å². The van der Waals surface area contributed by atoms with Gasteiger partial charge in [0.25, 0.3) is 0 Å². The maximum absolute atomic E-state index is 5.47. The Morgan fingerprint density at radius 2 is 1.58 bits per heavy atom. The van der Waals surface area contributed by atoms with Crippen molar-refractivity contribution < 1.29 is 4.74 Å². The maximum Gasteiger partial charge on any atom is 0.0594 e. The molecule has 24 heavy (non-hydrogen) atoms. The third-order valence-electron chi connectivity index (χ3n) is 4.62. The lowest BCUT2D eigenvalue weighted by atomic mass is 10.1. The molecular weight excluding hydrogens is 296 g/mol. The van der Waals surface area contributed by atoms with Gasteiger partial charge in [0, 0.05) is 25.7 Å². The summed E-state index contributed by atoms with van der Waals surface area (Å²) in [5.74, 6) is 0. The van der Waals surface area contributed by atoms with Gasteiger partial charge in [-0.2, -0.15) is 0 Å². The number of hydrogen-bond donors (Lipinski definition) is 1. The van der Waals surface area contributed by atoms with Gasteiger partial charge in [0.2, 0.25) is 0 Å². The fraction of sp³-hybridized carbons (Fsp3) is 0.429. The number of nitrogens with one attached hydrogen (secondary N) is 1. The van der Waals surface area contributed by atoms with Crippen LogP contribution in [0.4, 0.5) is 0 Å². The maximum atomic E-state index is 5.47. The van der Waals surface area contributed by atoms with Gasteiger partial charge < -0.3 is 10.1 Å². The van der Waals surface area contributed by atoms with Crippen molar-refractivity contribution >= 4 is 0 Å². The Balaban J connectivity index is 1.51. The summed E-state index contributed by atoms with van der Waals surface area (Å²) in [7, 11) is 0. The van der Waals surface area contributed by atoms with Crippen LogP contribution in [0.3, 0.4) is 0 Å². The highest BCUT2D eigenvalue weighted by Gasteiger charge is 2.17. The van der Waals surface area contributed by atoms with Crippen LogP contribution in [0.1, 0.15) is 23.6 Å². The molecule has 0 spiro atoms. The van der Waals surface area contributed by atoms with Crippen LogP contribution in [-0.2, 0) is 11.2 Å². The van der Waals surface area contributed by atoms with E-state index in [9.17, 15) is 0 Å². The highest BCUT2D eigenvalue weighted by Crippen LogP contribution is 2.15. The van der Waals surface area contributed by atoms with Crippen molar-refractivity contribution in [3.8, 4) is 0 Å². The molecule has 2 aromatic rings. The minimum atomic E-state index is 0.389. The molecule has 128 valence electrons. The van der Waals surface area contributed by atoms with Crippen molar-refractivity contribution in [3.05, 3.63) is 71.8 Å². The molecule has 2 aromatic carbocycles. The highest BCUT2D eigenvalue weighted by atomic mass is 16.5. The molecule has 1 aliphatic heterocycles. The van der Waals surface area contributed by atoms with Gasteiger partial charge in [0.1, 0.15) is 0 Å². The Labute approximate surface area is 145 Å². The van der Waals surface area contributed by atoms with Gasteiger partial charge in [-0.15, -0.1) is 0 Å². The van der Waals surface area contributed by atoms with Gasteiger partial charge in [-0.25, -0.2) is 0 Å². The molecule has 0 aromatic heterocycles. The van der Waals surface area contributed by atoms with Gasteiger partial charge in [0.05, 0.1) is 13.2 Å². The lowest BCUT2D eigenvalue weighted by Gasteiger charge is -2.31.